The van der Waals surface area contributed by atoms with Crippen LogP contribution in [0, 0.1) is 0 Å². The summed E-state index contributed by atoms with van der Waals surface area (Å²) >= 11 is 0. The molecule has 0 aliphatic heterocycles. The first-order valence-corrected chi connectivity index (χ1v) is 6.92. The van der Waals surface area contributed by atoms with Crippen LogP contribution in [0.5, 0.6) is 0 Å². The van der Waals surface area contributed by atoms with Crippen LogP contribution in [-0.2, 0) is 18.4 Å². The Hall–Kier alpha value is -1.94. The number of rotatable bonds is 2. The second-order valence-corrected chi connectivity index (χ2v) is 5.66. The van der Waals surface area contributed by atoms with E-state index in [9.17, 15) is 4.79 Å². The van der Waals surface area contributed by atoms with E-state index in [-0.39, 0.29) is 11.2 Å². The molecule has 0 spiro atoms. The third kappa shape index (κ3) is 2.06. The number of nitrogens with zero attached hydrogens (tertiary/aromatic N) is 2. The first kappa shape index (κ1) is 13.1. The van der Waals surface area contributed by atoms with Crippen LogP contribution < -0.4 is 5.69 Å². The van der Waals surface area contributed by atoms with E-state index in [4.69, 9.17) is 0 Å². The molecule has 104 valence electrons. The lowest BCUT2D eigenvalue weighted by molar-refractivity contribution is 0.129. The normalized spacial score (nSPS) is 21.8. The smallest absolute Gasteiger partial charge is 0.310 e. The molecular weight excluding hydrogens is 250 g/mol. The molecule has 0 bridgehead atoms. The van der Waals surface area contributed by atoms with E-state index in [2.05, 4.69) is 53.2 Å². The van der Waals surface area contributed by atoms with Crippen molar-refractivity contribution in [3.63, 3.8) is 0 Å². The average molecular weight is 269 g/mol. The molecule has 4 nitrogen and oxygen atoms in total. The Kier molecular flexibility index (Phi) is 3.18. The molecule has 1 aliphatic rings. The molecule has 20 heavy (non-hydrogen) atoms. The Labute approximate surface area is 118 Å². The van der Waals surface area contributed by atoms with E-state index in [1.54, 1.807) is 6.20 Å². The van der Waals surface area contributed by atoms with Crippen LogP contribution in [0.3, 0.4) is 0 Å². The minimum absolute atomic E-state index is 0.0197. The van der Waals surface area contributed by atoms with Gasteiger partial charge < -0.3 is 4.98 Å². The molecule has 1 aliphatic carbocycles. The van der Waals surface area contributed by atoms with Crippen LogP contribution in [0.1, 0.15) is 23.2 Å². The van der Waals surface area contributed by atoms with Crippen molar-refractivity contribution < 1.29 is 0 Å². The molecule has 4 heteroatoms. The van der Waals surface area contributed by atoms with Crippen LogP contribution in [0.2, 0.25) is 0 Å². The average Bonchev–Trinajstić information content (AvgIpc) is 2.47. The van der Waals surface area contributed by atoms with Gasteiger partial charge in [0.2, 0.25) is 0 Å². The van der Waals surface area contributed by atoms with Crippen molar-refractivity contribution in [1.82, 2.24) is 14.9 Å². The van der Waals surface area contributed by atoms with Crippen LogP contribution in [-0.4, -0.2) is 29.0 Å². The highest BCUT2D eigenvalue weighted by atomic mass is 16.1. The molecule has 1 N–H and O–H groups in total. The summed E-state index contributed by atoms with van der Waals surface area (Å²) in [5.41, 5.74) is 3.24. The van der Waals surface area contributed by atoms with E-state index in [0.29, 0.717) is 0 Å². The summed E-state index contributed by atoms with van der Waals surface area (Å²) in [6.45, 7) is 0. The van der Waals surface area contributed by atoms with Crippen LogP contribution in [0.25, 0.3) is 0 Å². The van der Waals surface area contributed by atoms with Gasteiger partial charge in [0.1, 0.15) is 0 Å². The Morgan fingerprint density at radius 1 is 1.25 bits per heavy atom. The molecule has 2 aromatic rings. The quantitative estimate of drug-likeness (QED) is 0.903. The van der Waals surface area contributed by atoms with Crippen molar-refractivity contribution in [1.29, 1.82) is 0 Å². The van der Waals surface area contributed by atoms with Crippen molar-refractivity contribution in [3.8, 4) is 0 Å². The van der Waals surface area contributed by atoms with Crippen LogP contribution in [0.15, 0.2) is 41.3 Å². The molecule has 1 heterocycles. The largest absolute Gasteiger partial charge is 0.345 e. The molecule has 1 unspecified atom stereocenters. The zero-order valence-corrected chi connectivity index (χ0v) is 11.9. The van der Waals surface area contributed by atoms with E-state index in [1.165, 1.54) is 5.56 Å². The second-order valence-electron chi connectivity index (χ2n) is 5.66. The Balaban J connectivity index is 2.07. The predicted octanol–water partition coefficient (Wildman–Crippen LogP) is 1.72. The number of aromatic amines is 1. The van der Waals surface area contributed by atoms with Gasteiger partial charge in [-0.25, -0.2) is 9.78 Å². The SMILES string of the molecule is CN(C)C1(c2ccccc2)CCc2[nH]c(=O)ncc2C1. The number of benzene rings is 1. The summed E-state index contributed by atoms with van der Waals surface area (Å²) in [6.07, 6.45) is 4.48. The maximum Gasteiger partial charge on any atom is 0.345 e. The second kappa shape index (κ2) is 4.87. The summed E-state index contributed by atoms with van der Waals surface area (Å²) < 4.78 is 0. The molecule has 0 saturated carbocycles. The summed E-state index contributed by atoms with van der Waals surface area (Å²) in [4.78, 5) is 20.4. The Bertz CT molecular complexity index is 663. The lowest BCUT2D eigenvalue weighted by atomic mass is 9.75. The van der Waals surface area contributed by atoms with E-state index in [0.717, 1.165) is 30.5 Å². The molecular formula is C16H19N3O. The summed E-state index contributed by atoms with van der Waals surface area (Å²) in [5, 5.41) is 0. The summed E-state index contributed by atoms with van der Waals surface area (Å²) in [6, 6.07) is 10.6. The zero-order valence-electron chi connectivity index (χ0n) is 11.9. The molecule has 0 fully saturated rings. The van der Waals surface area contributed by atoms with Gasteiger partial charge in [-0.3, -0.25) is 4.90 Å². The van der Waals surface area contributed by atoms with Gasteiger partial charge in [-0.15, -0.1) is 0 Å². The maximum absolute atomic E-state index is 11.3. The third-order valence-corrected chi connectivity index (χ3v) is 4.42. The predicted molar refractivity (Wildman–Crippen MR) is 78.7 cm³/mol. The van der Waals surface area contributed by atoms with Gasteiger partial charge in [-0.05, 0) is 44.5 Å². The van der Waals surface area contributed by atoms with Gasteiger partial charge in [0.25, 0.3) is 0 Å². The van der Waals surface area contributed by atoms with Gasteiger partial charge >= 0.3 is 5.69 Å². The molecule has 0 saturated heterocycles. The minimum atomic E-state index is -0.249. The highest BCUT2D eigenvalue weighted by molar-refractivity contribution is 5.32. The first-order valence-electron chi connectivity index (χ1n) is 6.92. The molecule has 3 rings (SSSR count). The van der Waals surface area contributed by atoms with Crippen LogP contribution in [0.4, 0.5) is 0 Å². The van der Waals surface area contributed by atoms with E-state index in [1.807, 2.05) is 6.07 Å². The minimum Gasteiger partial charge on any atom is -0.310 e. The van der Waals surface area contributed by atoms with Gasteiger partial charge in [-0.2, -0.15) is 0 Å². The number of likely N-dealkylation sites (N-methyl/N-ethyl adjacent to an activating group) is 1. The Morgan fingerprint density at radius 3 is 2.70 bits per heavy atom. The molecule has 1 aromatic heterocycles. The van der Waals surface area contributed by atoms with E-state index >= 15 is 0 Å². The monoisotopic (exact) mass is 269 g/mol. The number of aromatic nitrogens is 2. The maximum atomic E-state index is 11.3. The van der Waals surface area contributed by atoms with E-state index < -0.39 is 0 Å². The number of H-pyrrole nitrogens is 1. The fraction of sp³-hybridized carbons (Fsp3) is 0.375. The lowest BCUT2D eigenvalue weighted by Gasteiger charge is -2.43. The topological polar surface area (TPSA) is 49.0 Å². The standard InChI is InChI=1S/C16H19N3O/c1-19(2)16(13-6-4-3-5-7-13)9-8-14-12(10-16)11-17-15(20)18-14/h3-7,11H,8-10H2,1-2H3,(H,17,18,20). The van der Waals surface area contributed by atoms with Crippen molar-refractivity contribution in [2.75, 3.05) is 14.1 Å². The van der Waals surface area contributed by atoms with Crippen molar-refractivity contribution in [3.05, 3.63) is 63.8 Å². The first-order chi connectivity index (χ1) is 9.62. The van der Waals surface area contributed by atoms with Gasteiger partial charge in [0, 0.05) is 17.4 Å². The highest BCUT2D eigenvalue weighted by Gasteiger charge is 2.38. The number of fused-ring (bicyclic) bond motifs is 1. The zero-order chi connectivity index (χ0) is 14.2. The molecule has 0 amide bonds. The fourth-order valence-electron chi connectivity index (χ4n) is 3.20. The van der Waals surface area contributed by atoms with Gasteiger partial charge in [0.05, 0.1) is 0 Å². The lowest BCUT2D eigenvalue weighted by Crippen LogP contribution is -2.46. The van der Waals surface area contributed by atoms with Gasteiger partial charge in [-0.1, -0.05) is 30.3 Å². The summed E-state index contributed by atoms with van der Waals surface area (Å²) in [7, 11) is 4.24. The fourth-order valence-corrected chi connectivity index (χ4v) is 3.20. The summed E-state index contributed by atoms with van der Waals surface area (Å²) in [5.74, 6) is 0. The van der Waals surface area contributed by atoms with Crippen molar-refractivity contribution >= 4 is 0 Å². The number of nitrogens with one attached hydrogen (secondary N) is 1. The molecule has 1 atom stereocenters. The molecule has 1 aromatic carbocycles. The third-order valence-electron chi connectivity index (χ3n) is 4.42. The van der Waals surface area contributed by atoms with Gasteiger partial charge in [0.15, 0.2) is 0 Å². The molecule has 0 radical (unpaired) electrons. The number of hydrogen-bond acceptors (Lipinski definition) is 3. The van der Waals surface area contributed by atoms with Crippen LogP contribution >= 0.6 is 0 Å². The van der Waals surface area contributed by atoms with Crippen molar-refractivity contribution in [2.45, 2.75) is 24.8 Å². The van der Waals surface area contributed by atoms with Crippen molar-refractivity contribution in [2.24, 2.45) is 0 Å². The number of hydrogen-bond donors (Lipinski definition) is 1. The Morgan fingerprint density at radius 2 is 2.00 bits per heavy atom. The highest BCUT2D eigenvalue weighted by Crippen LogP contribution is 2.38. The number of aryl methyl sites for hydroxylation is 1.